The average Bonchev–Trinajstić information content (AvgIpc) is 3.17. The van der Waals surface area contributed by atoms with Crippen molar-refractivity contribution in [3.8, 4) is 0 Å². The fourth-order valence-corrected chi connectivity index (χ4v) is 4.96. The fourth-order valence-electron chi connectivity index (χ4n) is 3.74. The molecule has 1 atom stereocenters. The smallest absolute Gasteiger partial charge is 0.263 e. The van der Waals surface area contributed by atoms with E-state index >= 15 is 0 Å². The molecule has 3 aromatic rings. The maximum absolute atomic E-state index is 13.1. The van der Waals surface area contributed by atoms with Gasteiger partial charge in [0.2, 0.25) is 5.91 Å². The third kappa shape index (κ3) is 4.60. The van der Waals surface area contributed by atoms with Gasteiger partial charge in [-0.1, -0.05) is 18.2 Å². The summed E-state index contributed by atoms with van der Waals surface area (Å²) in [5.74, 6) is -0.358. The summed E-state index contributed by atoms with van der Waals surface area (Å²) in [5.41, 5.74) is 1.73. The third-order valence-corrected chi connectivity index (χ3v) is 6.50. The molecule has 4 rings (SSSR count). The highest BCUT2D eigenvalue weighted by molar-refractivity contribution is 7.20. The number of pyridine rings is 1. The molecule has 31 heavy (non-hydrogen) atoms. The first-order chi connectivity index (χ1) is 14.9. The second kappa shape index (κ2) is 9.11. The molecule has 0 unspecified atom stereocenters. The zero-order valence-electron chi connectivity index (χ0n) is 17.5. The molecule has 0 spiro atoms. The number of nitrogens with zero attached hydrogens (tertiary/aromatic N) is 3. The SMILES string of the molecule is CN(C)C(=O)c1sc2ncccc2c1[C@@H]1CN(C(=O)CCc2ccc(F)cc2)CCO1. The highest BCUT2D eigenvalue weighted by Gasteiger charge is 2.32. The number of hydrogen-bond donors (Lipinski definition) is 0. The van der Waals surface area contributed by atoms with Crippen molar-refractivity contribution in [2.75, 3.05) is 33.8 Å². The molecule has 3 heterocycles. The number of ether oxygens (including phenoxy) is 1. The standard InChI is InChI=1S/C23H24FN3O3S/c1-26(2)23(29)21-20(17-4-3-11-25-22(17)31-21)18-14-27(12-13-30-18)19(28)10-7-15-5-8-16(24)9-6-15/h3-6,8-9,11,18H,7,10,12-14H2,1-2H3/t18-/m0/s1. The van der Waals surface area contributed by atoms with Crippen molar-refractivity contribution in [1.82, 2.24) is 14.8 Å². The fraction of sp³-hybridized carbons (Fsp3) is 0.348. The van der Waals surface area contributed by atoms with Crippen molar-refractivity contribution in [2.45, 2.75) is 18.9 Å². The summed E-state index contributed by atoms with van der Waals surface area (Å²) in [7, 11) is 3.44. The molecule has 1 fully saturated rings. The molecule has 8 heteroatoms. The molecule has 0 N–H and O–H groups in total. The lowest BCUT2D eigenvalue weighted by molar-refractivity contribution is -0.138. The number of thiophene rings is 1. The van der Waals surface area contributed by atoms with Crippen LogP contribution in [-0.4, -0.2) is 60.4 Å². The van der Waals surface area contributed by atoms with Gasteiger partial charge >= 0.3 is 0 Å². The van der Waals surface area contributed by atoms with Gasteiger partial charge in [-0.3, -0.25) is 9.59 Å². The molecule has 0 saturated carbocycles. The van der Waals surface area contributed by atoms with Gasteiger partial charge in [-0.25, -0.2) is 9.37 Å². The van der Waals surface area contributed by atoms with E-state index in [4.69, 9.17) is 4.74 Å². The molecule has 2 amide bonds. The van der Waals surface area contributed by atoms with Crippen molar-refractivity contribution in [3.63, 3.8) is 0 Å². The van der Waals surface area contributed by atoms with Crippen molar-refractivity contribution in [2.24, 2.45) is 0 Å². The van der Waals surface area contributed by atoms with Gasteiger partial charge in [0.05, 0.1) is 13.2 Å². The number of fused-ring (bicyclic) bond motifs is 1. The lowest BCUT2D eigenvalue weighted by Crippen LogP contribution is -2.42. The summed E-state index contributed by atoms with van der Waals surface area (Å²) in [6.45, 7) is 1.30. The van der Waals surface area contributed by atoms with E-state index < -0.39 is 0 Å². The summed E-state index contributed by atoms with van der Waals surface area (Å²) < 4.78 is 19.1. The minimum absolute atomic E-state index is 0.0239. The van der Waals surface area contributed by atoms with Crippen LogP contribution in [0.5, 0.6) is 0 Å². The van der Waals surface area contributed by atoms with E-state index in [9.17, 15) is 14.0 Å². The molecule has 1 aliphatic rings. The molecule has 1 saturated heterocycles. The van der Waals surface area contributed by atoms with Crippen molar-refractivity contribution < 1.29 is 18.7 Å². The van der Waals surface area contributed by atoms with Crippen LogP contribution in [0, 0.1) is 5.82 Å². The largest absolute Gasteiger partial charge is 0.370 e. The molecule has 2 aromatic heterocycles. The minimum Gasteiger partial charge on any atom is -0.370 e. The van der Waals surface area contributed by atoms with Crippen molar-refractivity contribution >= 4 is 33.4 Å². The van der Waals surface area contributed by atoms with Crippen LogP contribution >= 0.6 is 11.3 Å². The summed E-state index contributed by atoms with van der Waals surface area (Å²) in [4.78, 5) is 34.8. The van der Waals surface area contributed by atoms with E-state index in [1.165, 1.54) is 23.5 Å². The Kier molecular flexibility index (Phi) is 6.29. The Hall–Kier alpha value is -2.84. The van der Waals surface area contributed by atoms with Crippen LogP contribution in [0.3, 0.4) is 0 Å². The topological polar surface area (TPSA) is 62.7 Å². The summed E-state index contributed by atoms with van der Waals surface area (Å²) in [6, 6.07) is 10.0. The van der Waals surface area contributed by atoms with E-state index in [0.29, 0.717) is 37.4 Å². The number of benzene rings is 1. The van der Waals surface area contributed by atoms with Gasteiger partial charge < -0.3 is 14.5 Å². The minimum atomic E-state index is -0.389. The Labute approximate surface area is 184 Å². The average molecular weight is 442 g/mol. The Morgan fingerprint density at radius 1 is 1.26 bits per heavy atom. The Bertz CT molecular complexity index is 1100. The molecular weight excluding hydrogens is 417 g/mol. The van der Waals surface area contributed by atoms with Gasteiger partial charge in [0, 0.05) is 44.2 Å². The summed E-state index contributed by atoms with van der Waals surface area (Å²) in [6.07, 6.45) is 2.21. The number of aryl methyl sites for hydroxylation is 1. The predicted octanol–water partition coefficient (Wildman–Crippen LogP) is 3.67. The Balaban J connectivity index is 1.53. The maximum Gasteiger partial charge on any atom is 0.263 e. The first kappa shape index (κ1) is 21.4. The molecule has 1 aromatic carbocycles. The van der Waals surface area contributed by atoms with Crippen molar-refractivity contribution in [3.05, 3.63) is 64.4 Å². The van der Waals surface area contributed by atoms with Gasteiger partial charge in [0.15, 0.2) is 0 Å². The van der Waals surface area contributed by atoms with Gasteiger partial charge in [0.1, 0.15) is 21.6 Å². The molecule has 1 aliphatic heterocycles. The number of aromatic nitrogens is 1. The normalized spacial score (nSPS) is 16.5. The first-order valence-corrected chi connectivity index (χ1v) is 11.0. The summed E-state index contributed by atoms with van der Waals surface area (Å²) >= 11 is 1.36. The van der Waals surface area contributed by atoms with E-state index in [1.54, 1.807) is 42.2 Å². The molecular formula is C23H24FN3O3S. The summed E-state index contributed by atoms with van der Waals surface area (Å²) in [5, 5.41) is 0.892. The van der Waals surface area contributed by atoms with Crippen LogP contribution in [0.4, 0.5) is 4.39 Å². The Morgan fingerprint density at radius 2 is 2.03 bits per heavy atom. The zero-order valence-corrected chi connectivity index (χ0v) is 18.3. The van der Waals surface area contributed by atoms with Crippen LogP contribution < -0.4 is 0 Å². The maximum atomic E-state index is 13.1. The van der Waals surface area contributed by atoms with Crippen LogP contribution in [0.1, 0.15) is 33.3 Å². The van der Waals surface area contributed by atoms with E-state index in [1.807, 2.05) is 12.1 Å². The number of amides is 2. The monoisotopic (exact) mass is 441 g/mol. The molecule has 0 aliphatic carbocycles. The van der Waals surface area contributed by atoms with Crippen LogP contribution in [0.15, 0.2) is 42.6 Å². The second-order valence-electron chi connectivity index (χ2n) is 7.73. The van der Waals surface area contributed by atoms with E-state index in [-0.39, 0.29) is 23.7 Å². The van der Waals surface area contributed by atoms with Gasteiger partial charge in [-0.15, -0.1) is 11.3 Å². The first-order valence-electron chi connectivity index (χ1n) is 10.2. The number of morpholine rings is 1. The second-order valence-corrected chi connectivity index (χ2v) is 8.73. The van der Waals surface area contributed by atoms with Crippen LogP contribution in [-0.2, 0) is 16.0 Å². The number of rotatable bonds is 5. The van der Waals surface area contributed by atoms with Gasteiger partial charge in [-0.2, -0.15) is 0 Å². The van der Waals surface area contributed by atoms with Crippen LogP contribution in [0.25, 0.3) is 10.2 Å². The molecule has 162 valence electrons. The molecule has 6 nitrogen and oxygen atoms in total. The molecule has 0 bridgehead atoms. The third-order valence-electron chi connectivity index (χ3n) is 5.39. The van der Waals surface area contributed by atoms with Gasteiger partial charge in [-0.05, 0) is 30.2 Å². The highest BCUT2D eigenvalue weighted by atomic mass is 32.1. The Morgan fingerprint density at radius 3 is 2.77 bits per heavy atom. The highest BCUT2D eigenvalue weighted by Crippen LogP contribution is 2.37. The molecule has 0 radical (unpaired) electrons. The van der Waals surface area contributed by atoms with E-state index in [2.05, 4.69) is 4.98 Å². The number of carbonyl (C=O) groups is 2. The van der Waals surface area contributed by atoms with Crippen molar-refractivity contribution in [1.29, 1.82) is 0 Å². The zero-order chi connectivity index (χ0) is 22.0. The number of hydrogen-bond acceptors (Lipinski definition) is 5. The lowest BCUT2D eigenvalue weighted by atomic mass is 10.0. The lowest BCUT2D eigenvalue weighted by Gasteiger charge is -2.33. The predicted molar refractivity (Wildman–Crippen MR) is 118 cm³/mol. The quantitative estimate of drug-likeness (QED) is 0.606. The number of halogens is 1. The van der Waals surface area contributed by atoms with E-state index in [0.717, 1.165) is 21.3 Å². The van der Waals surface area contributed by atoms with Crippen LogP contribution in [0.2, 0.25) is 0 Å². The number of carbonyl (C=O) groups excluding carboxylic acids is 2. The van der Waals surface area contributed by atoms with Gasteiger partial charge in [0.25, 0.3) is 5.91 Å².